The zero-order valence-electron chi connectivity index (χ0n) is 7.98. The molecule has 6 heteroatoms. The highest BCUT2D eigenvalue weighted by molar-refractivity contribution is 7.10. The van der Waals surface area contributed by atoms with Gasteiger partial charge in [0, 0.05) is 6.04 Å². The van der Waals surface area contributed by atoms with Crippen molar-refractivity contribution in [3.63, 3.8) is 0 Å². The van der Waals surface area contributed by atoms with E-state index in [1.165, 1.54) is 0 Å². The maximum Gasteiger partial charge on any atom is 0.157 e. The summed E-state index contributed by atoms with van der Waals surface area (Å²) in [6.07, 6.45) is -0.495. The Labute approximate surface area is 86.3 Å². The first-order chi connectivity index (χ1) is 6.56. The smallest absolute Gasteiger partial charge is 0.157 e. The number of aliphatic hydroxyl groups excluding tert-OH is 1. The van der Waals surface area contributed by atoms with E-state index in [4.69, 9.17) is 11.0 Å². The third-order valence-corrected chi connectivity index (χ3v) is 2.71. The number of hydrogen-bond donors (Lipinski definition) is 3. The molecule has 76 valence electrons. The molecule has 0 bridgehead atoms. The van der Waals surface area contributed by atoms with E-state index in [1.807, 2.05) is 13.0 Å². The van der Waals surface area contributed by atoms with Gasteiger partial charge in [-0.3, -0.25) is 0 Å². The molecule has 1 rings (SSSR count). The minimum Gasteiger partial charge on any atom is -0.391 e. The van der Waals surface area contributed by atoms with Gasteiger partial charge in [0.25, 0.3) is 0 Å². The summed E-state index contributed by atoms with van der Waals surface area (Å²) in [7, 11) is 0. The predicted molar refractivity (Wildman–Crippen MR) is 56.0 cm³/mol. The van der Waals surface area contributed by atoms with Gasteiger partial charge in [-0.1, -0.05) is 0 Å². The van der Waals surface area contributed by atoms with Crippen molar-refractivity contribution < 1.29 is 5.11 Å². The molecule has 1 heterocycles. The van der Waals surface area contributed by atoms with Crippen LogP contribution in [0, 0.1) is 11.3 Å². The van der Waals surface area contributed by atoms with Crippen LogP contribution in [0.2, 0.25) is 0 Å². The van der Waals surface area contributed by atoms with Crippen molar-refractivity contribution >= 4 is 22.4 Å². The van der Waals surface area contributed by atoms with Crippen molar-refractivity contribution in [3.8, 4) is 6.07 Å². The number of nitrogens with zero attached hydrogens (tertiary/aromatic N) is 2. The van der Waals surface area contributed by atoms with Gasteiger partial charge in [0.2, 0.25) is 0 Å². The van der Waals surface area contributed by atoms with Crippen LogP contribution in [-0.4, -0.2) is 21.6 Å². The fourth-order valence-electron chi connectivity index (χ4n) is 0.836. The van der Waals surface area contributed by atoms with Crippen molar-refractivity contribution in [1.29, 1.82) is 5.26 Å². The molecular weight excluding hydrogens is 200 g/mol. The summed E-state index contributed by atoms with van der Waals surface area (Å²) in [5.74, 6) is 0.234. The van der Waals surface area contributed by atoms with Crippen molar-refractivity contribution in [2.24, 2.45) is 0 Å². The minimum atomic E-state index is -0.495. The summed E-state index contributed by atoms with van der Waals surface area (Å²) in [6, 6.07) is 1.83. The first-order valence-electron chi connectivity index (χ1n) is 4.16. The Morgan fingerprint density at radius 2 is 2.29 bits per heavy atom. The lowest BCUT2D eigenvalue weighted by Gasteiger charge is -2.16. The molecule has 0 aliphatic carbocycles. The van der Waals surface area contributed by atoms with Gasteiger partial charge in [-0.25, -0.2) is 0 Å². The van der Waals surface area contributed by atoms with E-state index in [2.05, 4.69) is 9.69 Å². The number of aromatic nitrogens is 1. The molecule has 0 aliphatic heterocycles. The molecule has 14 heavy (non-hydrogen) atoms. The van der Waals surface area contributed by atoms with Crippen LogP contribution in [0.25, 0.3) is 0 Å². The lowest BCUT2D eigenvalue weighted by molar-refractivity contribution is 0.178. The van der Waals surface area contributed by atoms with Gasteiger partial charge in [0.05, 0.1) is 6.10 Å². The summed E-state index contributed by atoms with van der Waals surface area (Å²) in [6.45, 7) is 3.50. The van der Waals surface area contributed by atoms with E-state index < -0.39 is 6.10 Å². The Hall–Kier alpha value is -1.32. The largest absolute Gasteiger partial charge is 0.391 e. The van der Waals surface area contributed by atoms with Gasteiger partial charge >= 0.3 is 0 Å². The van der Waals surface area contributed by atoms with Crippen LogP contribution in [0.5, 0.6) is 0 Å². The first kappa shape index (κ1) is 10.8. The zero-order chi connectivity index (χ0) is 10.7. The van der Waals surface area contributed by atoms with Gasteiger partial charge in [-0.15, -0.1) is 0 Å². The summed E-state index contributed by atoms with van der Waals surface area (Å²) >= 11 is 1.13. The second kappa shape index (κ2) is 4.26. The van der Waals surface area contributed by atoms with Crippen LogP contribution in [0.1, 0.15) is 19.4 Å². The molecule has 2 unspecified atom stereocenters. The lowest BCUT2D eigenvalue weighted by atomic mass is 10.2. The van der Waals surface area contributed by atoms with Crippen LogP contribution in [-0.2, 0) is 0 Å². The molecule has 0 saturated carbocycles. The second-order valence-electron chi connectivity index (χ2n) is 3.06. The first-order valence-corrected chi connectivity index (χ1v) is 4.93. The molecule has 5 nitrogen and oxygen atoms in total. The highest BCUT2D eigenvalue weighted by Gasteiger charge is 2.15. The van der Waals surface area contributed by atoms with Crippen molar-refractivity contribution in [1.82, 2.24) is 4.37 Å². The number of nitriles is 1. The molecule has 0 aromatic carbocycles. The third-order valence-electron chi connectivity index (χ3n) is 1.91. The van der Waals surface area contributed by atoms with Crippen molar-refractivity contribution in [3.05, 3.63) is 5.56 Å². The maximum absolute atomic E-state index is 9.26. The fraction of sp³-hybridized carbons (Fsp3) is 0.500. The normalized spacial score (nSPS) is 14.4. The highest BCUT2D eigenvalue weighted by atomic mass is 32.1. The number of nitrogens with one attached hydrogen (secondary N) is 1. The zero-order valence-corrected chi connectivity index (χ0v) is 8.80. The van der Waals surface area contributed by atoms with Gasteiger partial charge in [-0.05, 0) is 25.4 Å². The number of rotatable bonds is 3. The number of nitrogens with two attached hydrogens (primary N) is 1. The topological polar surface area (TPSA) is 95.0 Å². The van der Waals surface area contributed by atoms with E-state index in [-0.39, 0.29) is 11.9 Å². The van der Waals surface area contributed by atoms with E-state index in [1.54, 1.807) is 6.92 Å². The molecule has 0 amide bonds. The summed E-state index contributed by atoms with van der Waals surface area (Å²) in [5, 5.41) is 21.6. The monoisotopic (exact) mass is 212 g/mol. The second-order valence-corrected chi connectivity index (χ2v) is 3.83. The van der Waals surface area contributed by atoms with E-state index in [9.17, 15) is 5.11 Å². The van der Waals surface area contributed by atoms with Crippen LogP contribution in [0.3, 0.4) is 0 Å². The van der Waals surface area contributed by atoms with E-state index >= 15 is 0 Å². The van der Waals surface area contributed by atoms with Crippen LogP contribution in [0.15, 0.2) is 0 Å². The summed E-state index contributed by atoms with van der Waals surface area (Å²) in [5.41, 5.74) is 5.83. The van der Waals surface area contributed by atoms with Crippen LogP contribution in [0.4, 0.5) is 10.8 Å². The Morgan fingerprint density at radius 3 is 2.79 bits per heavy atom. The Balaban J connectivity index is 2.83. The quantitative estimate of drug-likeness (QED) is 0.688. The summed E-state index contributed by atoms with van der Waals surface area (Å²) < 4.78 is 3.85. The fourth-order valence-corrected chi connectivity index (χ4v) is 1.60. The van der Waals surface area contributed by atoms with Gasteiger partial charge in [-0.2, -0.15) is 9.64 Å². The van der Waals surface area contributed by atoms with E-state index in [0.29, 0.717) is 10.6 Å². The number of aliphatic hydroxyl groups is 1. The maximum atomic E-state index is 9.26. The standard InChI is InChI=1S/C8H12N4OS/c1-4(5(2)13)11-8-6(3-9)7(10)12-14-8/h4-5,11,13H,1-2H3,(H2,10,12). The molecule has 0 spiro atoms. The molecule has 2 atom stereocenters. The number of anilines is 2. The predicted octanol–water partition coefficient (Wildman–Crippen LogP) is 0.778. The van der Waals surface area contributed by atoms with Crippen molar-refractivity contribution in [2.45, 2.75) is 26.0 Å². The molecule has 0 aliphatic rings. The minimum absolute atomic E-state index is 0.137. The van der Waals surface area contributed by atoms with E-state index in [0.717, 1.165) is 11.5 Å². The third kappa shape index (κ3) is 2.13. The van der Waals surface area contributed by atoms with Gasteiger partial charge in [0.15, 0.2) is 5.82 Å². The van der Waals surface area contributed by atoms with Gasteiger partial charge < -0.3 is 16.2 Å². The average molecular weight is 212 g/mol. The Morgan fingerprint density at radius 1 is 1.64 bits per heavy atom. The van der Waals surface area contributed by atoms with Crippen molar-refractivity contribution in [2.75, 3.05) is 11.1 Å². The average Bonchev–Trinajstić information content (AvgIpc) is 2.46. The molecule has 0 radical (unpaired) electrons. The van der Waals surface area contributed by atoms with Crippen LogP contribution >= 0.6 is 11.5 Å². The summed E-state index contributed by atoms with van der Waals surface area (Å²) in [4.78, 5) is 0. The molecule has 1 aromatic heterocycles. The Kier molecular flexibility index (Phi) is 3.28. The van der Waals surface area contributed by atoms with Gasteiger partial charge in [0.1, 0.15) is 16.6 Å². The molecular formula is C8H12N4OS. The molecule has 4 N–H and O–H groups in total. The molecule has 0 saturated heterocycles. The number of nitrogen functional groups attached to an aromatic ring is 1. The van der Waals surface area contributed by atoms with Crippen LogP contribution < -0.4 is 11.1 Å². The number of hydrogen-bond acceptors (Lipinski definition) is 6. The molecule has 0 fully saturated rings. The highest BCUT2D eigenvalue weighted by Crippen LogP contribution is 2.26. The SMILES string of the molecule is CC(O)C(C)Nc1snc(N)c1C#N. The Bertz CT molecular complexity index is 355. The lowest BCUT2D eigenvalue weighted by Crippen LogP contribution is -2.27. The molecule has 1 aromatic rings.